The molecule has 1 aliphatic rings. The number of hydrogen-bond acceptors (Lipinski definition) is 2. The summed E-state index contributed by atoms with van der Waals surface area (Å²) in [6.07, 6.45) is 2.36. The van der Waals surface area contributed by atoms with Crippen molar-refractivity contribution in [2.75, 3.05) is 6.54 Å². The quantitative estimate of drug-likeness (QED) is 0.884. The zero-order valence-corrected chi connectivity index (χ0v) is 11.9. The minimum absolute atomic E-state index is 0.0549. The largest absolute Gasteiger partial charge is 0.392 e. The van der Waals surface area contributed by atoms with E-state index in [-0.39, 0.29) is 16.9 Å². The standard InChI is InChI=1S/C15H22ClNO/c1-14(2)7-8-15(10-17,13(14)18)9-11-5-3-4-6-12(11)16/h3-6,13,18H,7-10,17H2,1-2H3. The van der Waals surface area contributed by atoms with Gasteiger partial charge in [0, 0.05) is 17.0 Å². The Labute approximate surface area is 114 Å². The first-order chi connectivity index (χ1) is 8.41. The van der Waals surface area contributed by atoms with Crippen molar-refractivity contribution in [1.82, 2.24) is 0 Å². The van der Waals surface area contributed by atoms with Gasteiger partial charge in [0.25, 0.3) is 0 Å². The fourth-order valence-corrected chi connectivity index (χ4v) is 3.37. The van der Waals surface area contributed by atoms with Crippen LogP contribution in [0, 0.1) is 10.8 Å². The van der Waals surface area contributed by atoms with Crippen molar-refractivity contribution < 1.29 is 5.11 Å². The molecule has 2 rings (SSSR count). The highest BCUT2D eigenvalue weighted by molar-refractivity contribution is 6.31. The molecule has 3 N–H and O–H groups in total. The van der Waals surface area contributed by atoms with E-state index >= 15 is 0 Å². The zero-order chi connectivity index (χ0) is 13.4. The van der Waals surface area contributed by atoms with Crippen molar-refractivity contribution in [2.24, 2.45) is 16.6 Å². The topological polar surface area (TPSA) is 46.2 Å². The number of rotatable bonds is 3. The SMILES string of the molecule is CC1(C)CCC(CN)(Cc2ccccc2Cl)C1O. The molecule has 0 aromatic heterocycles. The molecule has 1 saturated carbocycles. The second-order valence-corrected chi connectivity index (χ2v) is 6.63. The highest BCUT2D eigenvalue weighted by atomic mass is 35.5. The van der Waals surface area contributed by atoms with E-state index in [0.717, 1.165) is 29.8 Å². The maximum Gasteiger partial charge on any atom is 0.0662 e. The Morgan fingerprint density at radius 1 is 1.33 bits per heavy atom. The van der Waals surface area contributed by atoms with Crippen molar-refractivity contribution in [2.45, 2.75) is 39.2 Å². The van der Waals surface area contributed by atoms with Crippen LogP contribution in [-0.4, -0.2) is 17.8 Å². The second-order valence-electron chi connectivity index (χ2n) is 6.23. The van der Waals surface area contributed by atoms with Crippen LogP contribution in [0.25, 0.3) is 0 Å². The summed E-state index contributed by atoms with van der Waals surface area (Å²) < 4.78 is 0. The molecule has 2 unspecified atom stereocenters. The number of hydrogen-bond donors (Lipinski definition) is 2. The highest BCUT2D eigenvalue weighted by Crippen LogP contribution is 2.50. The minimum atomic E-state index is -0.369. The van der Waals surface area contributed by atoms with Gasteiger partial charge in [-0.3, -0.25) is 0 Å². The first-order valence-corrected chi connectivity index (χ1v) is 6.91. The van der Waals surface area contributed by atoms with Gasteiger partial charge in [-0.1, -0.05) is 43.6 Å². The van der Waals surface area contributed by atoms with Crippen molar-refractivity contribution >= 4 is 11.6 Å². The smallest absolute Gasteiger partial charge is 0.0662 e. The fraction of sp³-hybridized carbons (Fsp3) is 0.600. The summed E-state index contributed by atoms with van der Waals surface area (Å²) in [6.45, 7) is 4.73. The summed E-state index contributed by atoms with van der Waals surface area (Å²) in [5, 5.41) is 11.4. The van der Waals surface area contributed by atoms with E-state index in [1.807, 2.05) is 24.3 Å². The molecule has 1 aromatic rings. The van der Waals surface area contributed by atoms with Crippen LogP contribution in [0.5, 0.6) is 0 Å². The van der Waals surface area contributed by atoms with Gasteiger partial charge in [0.2, 0.25) is 0 Å². The van der Waals surface area contributed by atoms with Crippen LogP contribution in [0.2, 0.25) is 5.02 Å². The van der Waals surface area contributed by atoms with E-state index in [0.29, 0.717) is 6.54 Å². The lowest BCUT2D eigenvalue weighted by atomic mass is 9.74. The number of aliphatic hydroxyl groups is 1. The first-order valence-electron chi connectivity index (χ1n) is 6.53. The van der Waals surface area contributed by atoms with Gasteiger partial charge in [0.15, 0.2) is 0 Å². The van der Waals surface area contributed by atoms with E-state index in [1.54, 1.807) is 0 Å². The molecular weight excluding hydrogens is 246 g/mol. The molecule has 0 amide bonds. The van der Waals surface area contributed by atoms with E-state index < -0.39 is 0 Å². The van der Waals surface area contributed by atoms with Gasteiger partial charge in [-0.2, -0.15) is 0 Å². The highest BCUT2D eigenvalue weighted by Gasteiger charge is 2.50. The maximum absolute atomic E-state index is 10.6. The molecule has 1 aliphatic carbocycles. The average molecular weight is 268 g/mol. The molecule has 0 heterocycles. The first kappa shape index (κ1) is 13.9. The zero-order valence-electron chi connectivity index (χ0n) is 11.1. The normalized spacial score (nSPS) is 30.6. The third-order valence-electron chi connectivity index (χ3n) is 4.49. The molecule has 18 heavy (non-hydrogen) atoms. The predicted octanol–water partition coefficient (Wildman–Crippen LogP) is 3.01. The molecule has 3 heteroatoms. The van der Waals surface area contributed by atoms with Gasteiger partial charge in [-0.25, -0.2) is 0 Å². The Bertz CT molecular complexity index is 432. The molecule has 2 nitrogen and oxygen atoms in total. The van der Waals surface area contributed by atoms with Crippen LogP contribution in [0.1, 0.15) is 32.3 Å². The summed E-state index contributed by atoms with van der Waals surface area (Å²) in [5.74, 6) is 0. The molecule has 0 aliphatic heterocycles. The maximum atomic E-state index is 10.6. The van der Waals surface area contributed by atoms with Crippen LogP contribution >= 0.6 is 11.6 Å². The lowest BCUT2D eigenvalue weighted by Crippen LogP contribution is -2.44. The van der Waals surface area contributed by atoms with E-state index in [2.05, 4.69) is 13.8 Å². The number of nitrogens with two attached hydrogens (primary N) is 1. The average Bonchev–Trinajstić information content (AvgIpc) is 2.57. The van der Waals surface area contributed by atoms with Crippen molar-refractivity contribution in [1.29, 1.82) is 0 Å². The number of halogens is 1. The molecule has 1 aromatic carbocycles. The molecule has 0 saturated heterocycles. The molecule has 0 radical (unpaired) electrons. The van der Waals surface area contributed by atoms with Crippen LogP contribution in [0.3, 0.4) is 0 Å². The van der Waals surface area contributed by atoms with Gasteiger partial charge in [-0.15, -0.1) is 0 Å². The number of benzene rings is 1. The van der Waals surface area contributed by atoms with E-state index in [4.69, 9.17) is 17.3 Å². The summed E-state index contributed by atoms with van der Waals surface area (Å²) in [5.41, 5.74) is 6.78. The third-order valence-corrected chi connectivity index (χ3v) is 4.86. The molecule has 1 fully saturated rings. The summed E-state index contributed by atoms with van der Waals surface area (Å²) in [4.78, 5) is 0. The van der Waals surface area contributed by atoms with Crippen LogP contribution < -0.4 is 5.73 Å². The van der Waals surface area contributed by atoms with Gasteiger partial charge < -0.3 is 10.8 Å². The Balaban J connectivity index is 2.28. The van der Waals surface area contributed by atoms with Gasteiger partial charge >= 0.3 is 0 Å². The second kappa shape index (κ2) is 4.84. The van der Waals surface area contributed by atoms with Crippen molar-refractivity contribution in [3.05, 3.63) is 34.9 Å². The minimum Gasteiger partial charge on any atom is -0.392 e. The fourth-order valence-electron chi connectivity index (χ4n) is 3.17. The molecule has 0 spiro atoms. The predicted molar refractivity (Wildman–Crippen MR) is 75.7 cm³/mol. The van der Waals surface area contributed by atoms with E-state index in [1.165, 1.54) is 0 Å². The molecular formula is C15H22ClNO. The summed E-state index contributed by atoms with van der Waals surface area (Å²) >= 11 is 6.22. The number of aliphatic hydroxyl groups excluding tert-OH is 1. The van der Waals surface area contributed by atoms with Gasteiger partial charge in [-0.05, 0) is 36.3 Å². The lowest BCUT2D eigenvalue weighted by Gasteiger charge is -2.36. The van der Waals surface area contributed by atoms with Crippen molar-refractivity contribution in [3.63, 3.8) is 0 Å². The lowest BCUT2D eigenvalue weighted by molar-refractivity contribution is -0.00462. The third kappa shape index (κ3) is 2.29. The van der Waals surface area contributed by atoms with E-state index in [9.17, 15) is 5.11 Å². The molecule has 0 bridgehead atoms. The summed E-state index contributed by atoms with van der Waals surface area (Å²) in [7, 11) is 0. The van der Waals surface area contributed by atoms with Gasteiger partial charge in [0.1, 0.15) is 0 Å². The Kier molecular flexibility index (Phi) is 3.72. The monoisotopic (exact) mass is 267 g/mol. The molecule has 100 valence electrons. The van der Waals surface area contributed by atoms with Crippen LogP contribution in [0.4, 0.5) is 0 Å². The Morgan fingerprint density at radius 3 is 2.50 bits per heavy atom. The Hall–Kier alpha value is -0.570. The van der Waals surface area contributed by atoms with Gasteiger partial charge in [0.05, 0.1) is 6.10 Å². The van der Waals surface area contributed by atoms with Crippen LogP contribution in [0.15, 0.2) is 24.3 Å². The van der Waals surface area contributed by atoms with Crippen LogP contribution in [-0.2, 0) is 6.42 Å². The summed E-state index contributed by atoms with van der Waals surface area (Å²) in [6, 6.07) is 7.83. The molecule has 2 atom stereocenters. The Morgan fingerprint density at radius 2 is 2.00 bits per heavy atom. The van der Waals surface area contributed by atoms with Crippen molar-refractivity contribution in [3.8, 4) is 0 Å².